The van der Waals surface area contributed by atoms with Gasteiger partial charge in [-0.15, -0.1) is 0 Å². The minimum Gasteiger partial charge on any atom is -0.357 e. The maximum Gasteiger partial charge on any atom is 0.0600 e. The summed E-state index contributed by atoms with van der Waals surface area (Å²) in [5.74, 6) is 0. The summed E-state index contributed by atoms with van der Waals surface area (Å²) < 4.78 is 0. The van der Waals surface area contributed by atoms with E-state index in [0.717, 1.165) is 13.0 Å². The third-order valence-electron chi connectivity index (χ3n) is 3.20. The highest BCUT2D eigenvalue weighted by Crippen LogP contribution is 2.29. The molecule has 0 spiro atoms. The summed E-state index contributed by atoms with van der Waals surface area (Å²) in [6.07, 6.45) is 1.09. The number of para-hydroxylation sites is 1. The molecular formula is C12H15N3. The van der Waals surface area contributed by atoms with Crippen molar-refractivity contribution in [2.45, 2.75) is 12.5 Å². The van der Waals surface area contributed by atoms with Gasteiger partial charge in [0, 0.05) is 23.1 Å². The van der Waals surface area contributed by atoms with Crippen LogP contribution >= 0.6 is 0 Å². The zero-order valence-electron chi connectivity index (χ0n) is 8.59. The van der Waals surface area contributed by atoms with Gasteiger partial charge >= 0.3 is 0 Å². The zero-order chi connectivity index (χ0) is 10.3. The summed E-state index contributed by atoms with van der Waals surface area (Å²) in [4.78, 5) is 3.47. The molecule has 3 heteroatoms. The van der Waals surface area contributed by atoms with Gasteiger partial charge in [0.05, 0.1) is 6.04 Å². The lowest BCUT2D eigenvalue weighted by Gasteiger charge is -2.22. The molecule has 15 heavy (non-hydrogen) atoms. The van der Waals surface area contributed by atoms with Gasteiger partial charge in [0.2, 0.25) is 0 Å². The fourth-order valence-electron chi connectivity index (χ4n) is 2.46. The van der Waals surface area contributed by atoms with Crippen LogP contribution in [0.2, 0.25) is 0 Å². The molecule has 0 fully saturated rings. The highest BCUT2D eigenvalue weighted by atomic mass is 15.0. The van der Waals surface area contributed by atoms with Gasteiger partial charge in [-0.2, -0.15) is 0 Å². The summed E-state index contributed by atoms with van der Waals surface area (Å²) in [5.41, 5.74) is 9.71. The Morgan fingerprint density at radius 3 is 3.07 bits per heavy atom. The first-order chi connectivity index (χ1) is 7.40. The standard InChI is InChI=1S/C12H15N3/c13-7-11-12-9(5-6-14-11)8-3-1-2-4-10(8)15-12/h1-4,11,14-15H,5-7,13H2. The van der Waals surface area contributed by atoms with Gasteiger partial charge in [-0.1, -0.05) is 18.2 Å². The monoisotopic (exact) mass is 201 g/mol. The number of aromatic amines is 1. The Bertz CT molecular complexity index is 487. The molecule has 1 aromatic carbocycles. The van der Waals surface area contributed by atoms with Crippen LogP contribution in [-0.2, 0) is 6.42 Å². The Labute approximate surface area is 88.7 Å². The van der Waals surface area contributed by atoms with E-state index in [2.05, 4.69) is 34.6 Å². The Morgan fingerprint density at radius 1 is 1.33 bits per heavy atom. The highest BCUT2D eigenvalue weighted by molar-refractivity contribution is 5.85. The molecule has 78 valence electrons. The Hall–Kier alpha value is -1.32. The fourth-order valence-corrected chi connectivity index (χ4v) is 2.46. The van der Waals surface area contributed by atoms with Crippen LogP contribution in [0.25, 0.3) is 10.9 Å². The van der Waals surface area contributed by atoms with Crippen LogP contribution < -0.4 is 11.1 Å². The number of nitrogens with one attached hydrogen (secondary N) is 2. The molecular weight excluding hydrogens is 186 g/mol. The minimum atomic E-state index is 0.293. The average molecular weight is 201 g/mol. The van der Waals surface area contributed by atoms with E-state index in [1.165, 1.54) is 22.2 Å². The van der Waals surface area contributed by atoms with Crippen molar-refractivity contribution in [3.8, 4) is 0 Å². The van der Waals surface area contributed by atoms with E-state index in [9.17, 15) is 0 Å². The van der Waals surface area contributed by atoms with E-state index in [1.54, 1.807) is 0 Å². The second kappa shape index (κ2) is 3.36. The number of benzene rings is 1. The summed E-state index contributed by atoms with van der Waals surface area (Å²) in [6, 6.07) is 8.76. The summed E-state index contributed by atoms with van der Waals surface area (Å²) >= 11 is 0. The molecule has 1 unspecified atom stereocenters. The third kappa shape index (κ3) is 1.28. The van der Waals surface area contributed by atoms with Gasteiger partial charge in [-0.25, -0.2) is 0 Å². The van der Waals surface area contributed by atoms with E-state index in [0.29, 0.717) is 12.6 Å². The largest absolute Gasteiger partial charge is 0.357 e. The van der Waals surface area contributed by atoms with E-state index >= 15 is 0 Å². The first-order valence-electron chi connectivity index (χ1n) is 5.43. The van der Waals surface area contributed by atoms with Crippen molar-refractivity contribution < 1.29 is 0 Å². The number of fused-ring (bicyclic) bond motifs is 3. The number of H-pyrrole nitrogens is 1. The molecule has 1 aromatic heterocycles. The van der Waals surface area contributed by atoms with Crippen LogP contribution in [0.15, 0.2) is 24.3 Å². The van der Waals surface area contributed by atoms with Crippen molar-refractivity contribution in [3.05, 3.63) is 35.5 Å². The SMILES string of the molecule is NCC1NCCc2c1[nH]c1ccccc21. The van der Waals surface area contributed by atoms with Gasteiger partial charge in [-0.05, 0) is 24.6 Å². The Kier molecular flexibility index (Phi) is 2.01. The molecule has 1 aliphatic heterocycles. The lowest BCUT2D eigenvalue weighted by atomic mass is 9.99. The van der Waals surface area contributed by atoms with Crippen LogP contribution in [0.3, 0.4) is 0 Å². The average Bonchev–Trinajstić information content (AvgIpc) is 2.67. The molecule has 4 N–H and O–H groups in total. The second-order valence-corrected chi connectivity index (χ2v) is 4.06. The molecule has 2 aromatic rings. The highest BCUT2D eigenvalue weighted by Gasteiger charge is 2.21. The topological polar surface area (TPSA) is 53.8 Å². The molecule has 0 saturated heterocycles. The molecule has 3 nitrogen and oxygen atoms in total. The Balaban J connectivity index is 2.24. The summed E-state index contributed by atoms with van der Waals surface area (Å²) in [7, 11) is 0. The minimum absolute atomic E-state index is 0.293. The van der Waals surface area contributed by atoms with Crippen molar-refractivity contribution in [1.29, 1.82) is 0 Å². The van der Waals surface area contributed by atoms with Crippen LogP contribution in [0.5, 0.6) is 0 Å². The summed E-state index contributed by atoms with van der Waals surface area (Å²) in [5, 5.41) is 4.78. The lowest BCUT2D eigenvalue weighted by Crippen LogP contribution is -2.34. The van der Waals surface area contributed by atoms with E-state index < -0.39 is 0 Å². The van der Waals surface area contributed by atoms with E-state index in [4.69, 9.17) is 5.73 Å². The van der Waals surface area contributed by atoms with Crippen LogP contribution in [-0.4, -0.2) is 18.1 Å². The zero-order valence-corrected chi connectivity index (χ0v) is 8.59. The van der Waals surface area contributed by atoms with Crippen molar-refractivity contribution in [2.24, 2.45) is 5.73 Å². The van der Waals surface area contributed by atoms with Gasteiger partial charge in [0.25, 0.3) is 0 Å². The Morgan fingerprint density at radius 2 is 2.20 bits per heavy atom. The molecule has 0 amide bonds. The van der Waals surface area contributed by atoms with E-state index in [1.807, 2.05) is 0 Å². The van der Waals surface area contributed by atoms with Crippen LogP contribution in [0.1, 0.15) is 17.3 Å². The van der Waals surface area contributed by atoms with Crippen LogP contribution in [0.4, 0.5) is 0 Å². The number of aromatic nitrogens is 1. The van der Waals surface area contributed by atoms with Gasteiger partial charge in [-0.3, -0.25) is 0 Å². The van der Waals surface area contributed by atoms with Gasteiger partial charge < -0.3 is 16.0 Å². The third-order valence-corrected chi connectivity index (χ3v) is 3.20. The molecule has 1 aliphatic rings. The first-order valence-corrected chi connectivity index (χ1v) is 5.43. The predicted molar refractivity (Wildman–Crippen MR) is 61.8 cm³/mol. The molecule has 3 rings (SSSR count). The van der Waals surface area contributed by atoms with Crippen molar-refractivity contribution in [1.82, 2.24) is 10.3 Å². The second-order valence-electron chi connectivity index (χ2n) is 4.06. The molecule has 0 aliphatic carbocycles. The predicted octanol–water partition coefficient (Wildman–Crippen LogP) is 1.31. The first kappa shape index (κ1) is 8.95. The van der Waals surface area contributed by atoms with Crippen molar-refractivity contribution >= 4 is 10.9 Å². The fraction of sp³-hybridized carbons (Fsp3) is 0.333. The maximum atomic E-state index is 5.76. The number of nitrogens with two attached hydrogens (primary N) is 1. The number of hydrogen-bond donors (Lipinski definition) is 3. The lowest BCUT2D eigenvalue weighted by molar-refractivity contribution is 0.505. The number of hydrogen-bond acceptors (Lipinski definition) is 2. The maximum absolute atomic E-state index is 5.76. The molecule has 2 heterocycles. The van der Waals surface area contributed by atoms with Crippen LogP contribution in [0, 0.1) is 0 Å². The van der Waals surface area contributed by atoms with E-state index in [-0.39, 0.29) is 0 Å². The molecule has 0 saturated carbocycles. The van der Waals surface area contributed by atoms with Crippen molar-refractivity contribution in [2.75, 3.05) is 13.1 Å². The van der Waals surface area contributed by atoms with Gasteiger partial charge in [0.15, 0.2) is 0 Å². The quantitative estimate of drug-likeness (QED) is 0.651. The molecule has 0 bridgehead atoms. The molecule has 1 atom stereocenters. The number of rotatable bonds is 1. The van der Waals surface area contributed by atoms with Crippen molar-refractivity contribution in [3.63, 3.8) is 0 Å². The summed E-state index contributed by atoms with van der Waals surface area (Å²) in [6.45, 7) is 1.68. The smallest absolute Gasteiger partial charge is 0.0600 e. The normalized spacial score (nSPS) is 20.5. The molecule has 0 radical (unpaired) electrons. The van der Waals surface area contributed by atoms with Gasteiger partial charge in [0.1, 0.15) is 0 Å².